The molecule has 2 N–H and O–H groups in total. The van der Waals surface area contributed by atoms with Crippen molar-refractivity contribution in [1.29, 1.82) is 5.26 Å². The van der Waals surface area contributed by atoms with Gasteiger partial charge >= 0.3 is 0 Å². The summed E-state index contributed by atoms with van der Waals surface area (Å²) in [5.74, 6) is -0.216. The van der Waals surface area contributed by atoms with Crippen molar-refractivity contribution < 1.29 is 9.53 Å². The van der Waals surface area contributed by atoms with Crippen LogP contribution in [0.15, 0.2) is 22.7 Å². The first-order chi connectivity index (χ1) is 6.63. The highest BCUT2D eigenvalue weighted by atomic mass is 79.9. The van der Waals surface area contributed by atoms with E-state index in [4.69, 9.17) is 15.7 Å². The largest absolute Gasteiger partial charge is 0.482 e. The normalized spacial score (nSPS) is 9.14. The maximum atomic E-state index is 10.4. The Balaban J connectivity index is 2.87. The number of carbonyl (C=O) groups excluding carboxylic acids is 1. The number of benzene rings is 1. The van der Waals surface area contributed by atoms with Crippen molar-refractivity contribution in [1.82, 2.24) is 0 Å². The molecule has 1 aromatic rings. The number of carbonyl (C=O) groups is 1. The summed E-state index contributed by atoms with van der Waals surface area (Å²) in [7, 11) is 0. The van der Waals surface area contributed by atoms with Gasteiger partial charge in [-0.1, -0.05) is 15.9 Å². The molecule has 0 aliphatic heterocycles. The summed E-state index contributed by atoms with van der Waals surface area (Å²) in [4.78, 5) is 10.4. The van der Waals surface area contributed by atoms with Gasteiger partial charge in [0.25, 0.3) is 5.91 Å². The quantitative estimate of drug-likeness (QED) is 0.881. The third-order valence-electron chi connectivity index (χ3n) is 1.43. The second kappa shape index (κ2) is 4.63. The number of ether oxygens (including phenoxy) is 1. The lowest BCUT2D eigenvalue weighted by Gasteiger charge is -2.05. The van der Waals surface area contributed by atoms with Crippen LogP contribution in [-0.2, 0) is 4.79 Å². The number of primary amides is 1. The Morgan fingerprint density at radius 1 is 1.64 bits per heavy atom. The zero-order valence-corrected chi connectivity index (χ0v) is 8.74. The number of hydrogen-bond acceptors (Lipinski definition) is 3. The lowest BCUT2D eigenvalue weighted by atomic mass is 10.2. The summed E-state index contributed by atoms with van der Waals surface area (Å²) < 4.78 is 5.80. The fraction of sp³-hybridized carbons (Fsp3) is 0.111. The molecule has 0 aliphatic rings. The number of nitriles is 1. The first-order valence-electron chi connectivity index (χ1n) is 3.74. The molecule has 0 saturated heterocycles. The summed E-state index contributed by atoms with van der Waals surface area (Å²) in [6.07, 6.45) is 0. The molecule has 0 radical (unpaired) electrons. The van der Waals surface area contributed by atoms with Gasteiger partial charge in [-0.3, -0.25) is 4.79 Å². The van der Waals surface area contributed by atoms with E-state index in [0.29, 0.717) is 11.3 Å². The van der Waals surface area contributed by atoms with Crippen LogP contribution in [0, 0.1) is 11.3 Å². The van der Waals surface area contributed by atoms with Gasteiger partial charge in [0.15, 0.2) is 6.61 Å². The molecule has 1 rings (SSSR count). The van der Waals surface area contributed by atoms with Gasteiger partial charge in [-0.05, 0) is 18.2 Å². The fourth-order valence-electron chi connectivity index (χ4n) is 0.864. The number of hydrogen-bond donors (Lipinski definition) is 1. The summed E-state index contributed by atoms with van der Waals surface area (Å²) in [6, 6.07) is 6.88. The maximum absolute atomic E-state index is 10.4. The van der Waals surface area contributed by atoms with E-state index in [1.807, 2.05) is 6.07 Å². The fourth-order valence-corrected chi connectivity index (χ4v) is 1.23. The van der Waals surface area contributed by atoms with Gasteiger partial charge in [-0.25, -0.2) is 0 Å². The monoisotopic (exact) mass is 254 g/mol. The summed E-state index contributed by atoms with van der Waals surface area (Å²) >= 11 is 3.22. The van der Waals surface area contributed by atoms with Crippen molar-refractivity contribution in [3.8, 4) is 11.8 Å². The van der Waals surface area contributed by atoms with E-state index < -0.39 is 5.91 Å². The average molecular weight is 255 g/mol. The van der Waals surface area contributed by atoms with Gasteiger partial charge in [0.1, 0.15) is 11.8 Å². The van der Waals surface area contributed by atoms with E-state index in [2.05, 4.69) is 15.9 Å². The summed E-state index contributed by atoms with van der Waals surface area (Å²) in [5, 5.41) is 8.74. The number of amides is 1. The van der Waals surface area contributed by atoms with Crippen LogP contribution in [0.5, 0.6) is 5.75 Å². The third kappa shape index (κ3) is 2.75. The molecule has 1 amide bonds. The van der Waals surface area contributed by atoms with E-state index in [0.717, 1.165) is 4.47 Å². The molecule has 0 atom stereocenters. The zero-order valence-electron chi connectivity index (χ0n) is 7.16. The molecule has 0 bridgehead atoms. The molecule has 0 unspecified atom stereocenters. The lowest BCUT2D eigenvalue weighted by Crippen LogP contribution is -2.20. The van der Waals surface area contributed by atoms with Crippen molar-refractivity contribution in [2.75, 3.05) is 6.61 Å². The Labute approximate surface area is 89.4 Å². The van der Waals surface area contributed by atoms with E-state index in [1.54, 1.807) is 18.2 Å². The number of nitrogens with zero attached hydrogens (tertiary/aromatic N) is 1. The first kappa shape index (κ1) is 10.5. The third-order valence-corrected chi connectivity index (χ3v) is 1.93. The highest BCUT2D eigenvalue weighted by molar-refractivity contribution is 9.10. The first-order valence-corrected chi connectivity index (χ1v) is 4.53. The molecule has 14 heavy (non-hydrogen) atoms. The van der Waals surface area contributed by atoms with Crippen LogP contribution < -0.4 is 10.5 Å². The van der Waals surface area contributed by atoms with Gasteiger partial charge in [0, 0.05) is 4.47 Å². The number of nitrogens with two attached hydrogens (primary N) is 1. The van der Waals surface area contributed by atoms with Crippen molar-refractivity contribution >= 4 is 21.8 Å². The van der Waals surface area contributed by atoms with Crippen molar-refractivity contribution in [2.45, 2.75) is 0 Å². The second-order valence-electron chi connectivity index (χ2n) is 2.51. The van der Waals surface area contributed by atoms with Gasteiger partial charge in [-0.15, -0.1) is 0 Å². The van der Waals surface area contributed by atoms with Crippen LogP contribution in [0.1, 0.15) is 5.56 Å². The van der Waals surface area contributed by atoms with E-state index in [9.17, 15) is 4.79 Å². The predicted molar refractivity (Wildman–Crippen MR) is 53.5 cm³/mol. The number of rotatable bonds is 3. The zero-order chi connectivity index (χ0) is 10.6. The molecule has 4 nitrogen and oxygen atoms in total. The molecule has 1 aromatic carbocycles. The van der Waals surface area contributed by atoms with E-state index in [1.165, 1.54) is 0 Å². The molecule has 72 valence electrons. The highest BCUT2D eigenvalue weighted by Gasteiger charge is 2.04. The molecular formula is C9H7BrN2O2. The second-order valence-corrected chi connectivity index (χ2v) is 3.42. The van der Waals surface area contributed by atoms with Crippen LogP contribution in [0.2, 0.25) is 0 Å². The molecule has 0 heterocycles. The standard InChI is InChI=1S/C9H7BrN2O2/c10-7-1-2-8(6(3-7)4-11)14-5-9(12)13/h1-3H,5H2,(H2,12,13). The smallest absolute Gasteiger partial charge is 0.255 e. The summed E-state index contributed by atoms with van der Waals surface area (Å²) in [6.45, 7) is -0.226. The Hall–Kier alpha value is -1.54. The van der Waals surface area contributed by atoms with Crippen molar-refractivity contribution in [3.05, 3.63) is 28.2 Å². The van der Waals surface area contributed by atoms with Crippen LogP contribution in [-0.4, -0.2) is 12.5 Å². The molecule has 0 fully saturated rings. The van der Waals surface area contributed by atoms with Crippen LogP contribution in [0.4, 0.5) is 0 Å². The Bertz CT molecular complexity index is 398. The maximum Gasteiger partial charge on any atom is 0.255 e. The van der Waals surface area contributed by atoms with Crippen LogP contribution in [0.3, 0.4) is 0 Å². The molecule has 5 heteroatoms. The van der Waals surface area contributed by atoms with Gasteiger partial charge in [0.05, 0.1) is 5.56 Å². The summed E-state index contributed by atoms with van der Waals surface area (Å²) in [5.41, 5.74) is 5.27. The van der Waals surface area contributed by atoms with Crippen molar-refractivity contribution in [3.63, 3.8) is 0 Å². The predicted octanol–water partition coefficient (Wildman–Crippen LogP) is 1.18. The Morgan fingerprint density at radius 2 is 2.36 bits per heavy atom. The van der Waals surface area contributed by atoms with Crippen molar-refractivity contribution in [2.24, 2.45) is 5.73 Å². The van der Waals surface area contributed by atoms with Crippen LogP contribution in [0.25, 0.3) is 0 Å². The number of halogens is 1. The average Bonchev–Trinajstić information content (AvgIpc) is 2.15. The van der Waals surface area contributed by atoms with E-state index >= 15 is 0 Å². The minimum absolute atomic E-state index is 0.226. The van der Waals surface area contributed by atoms with Gasteiger partial charge in [0.2, 0.25) is 0 Å². The Morgan fingerprint density at radius 3 is 2.93 bits per heavy atom. The minimum atomic E-state index is -0.572. The van der Waals surface area contributed by atoms with Crippen LogP contribution >= 0.6 is 15.9 Å². The minimum Gasteiger partial charge on any atom is -0.482 e. The molecule has 0 spiro atoms. The highest BCUT2D eigenvalue weighted by Crippen LogP contribution is 2.22. The topological polar surface area (TPSA) is 76.1 Å². The van der Waals surface area contributed by atoms with Gasteiger partial charge in [-0.2, -0.15) is 5.26 Å². The van der Waals surface area contributed by atoms with Gasteiger partial charge < -0.3 is 10.5 Å². The molecule has 0 aromatic heterocycles. The molecule has 0 saturated carbocycles. The molecular weight excluding hydrogens is 248 g/mol. The van der Waals surface area contributed by atoms with E-state index in [-0.39, 0.29) is 6.61 Å². The molecule has 0 aliphatic carbocycles. The Kier molecular flexibility index (Phi) is 3.48. The SMILES string of the molecule is N#Cc1cc(Br)ccc1OCC(N)=O. The lowest BCUT2D eigenvalue weighted by molar-refractivity contribution is -0.119.